The predicted octanol–water partition coefficient (Wildman–Crippen LogP) is 5.34. The number of rotatable bonds is 6. The quantitative estimate of drug-likeness (QED) is 0.354. The SMILES string of the molecule is Cc1ccc(OC2C[C@H]3CC[C@@H](C2)N3C(=O)c2ccc(Nc3nc(-c4sc(C)nc4C)cs3)nc2)nn1. The number of anilines is 2. The van der Waals surface area contributed by atoms with E-state index in [0.717, 1.165) is 57.8 Å². The second-order valence-electron chi connectivity index (χ2n) is 9.56. The van der Waals surface area contributed by atoms with Gasteiger partial charge in [-0.25, -0.2) is 15.0 Å². The maximum Gasteiger partial charge on any atom is 0.255 e. The van der Waals surface area contributed by atoms with E-state index < -0.39 is 0 Å². The Hall–Kier alpha value is -3.44. The molecule has 11 heteroatoms. The summed E-state index contributed by atoms with van der Waals surface area (Å²) in [5.41, 5.74) is 3.37. The zero-order valence-electron chi connectivity index (χ0n) is 20.8. The maximum absolute atomic E-state index is 13.4. The van der Waals surface area contributed by atoms with Gasteiger partial charge in [0, 0.05) is 42.6 Å². The van der Waals surface area contributed by atoms with Gasteiger partial charge in [-0.05, 0) is 51.8 Å². The molecule has 0 aliphatic carbocycles. The van der Waals surface area contributed by atoms with Gasteiger partial charge in [0.1, 0.15) is 11.9 Å². The van der Waals surface area contributed by atoms with E-state index in [1.165, 1.54) is 11.3 Å². The Labute approximate surface area is 223 Å². The van der Waals surface area contributed by atoms with Crippen LogP contribution in [0.25, 0.3) is 10.6 Å². The Morgan fingerprint density at radius 3 is 2.51 bits per heavy atom. The largest absolute Gasteiger partial charge is 0.473 e. The van der Waals surface area contributed by atoms with E-state index in [0.29, 0.717) is 17.3 Å². The number of ether oxygens (including phenoxy) is 1. The number of nitrogens with zero attached hydrogens (tertiary/aromatic N) is 6. The van der Waals surface area contributed by atoms with Crippen molar-refractivity contribution < 1.29 is 9.53 Å². The van der Waals surface area contributed by atoms with Crippen molar-refractivity contribution in [3.63, 3.8) is 0 Å². The number of amides is 1. The Balaban J connectivity index is 1.09. The number of carbonyl (C=O) groups is 1. The molecule has 2 aliphatic heterocycles. The van der Waals surface area contributed by atoms with Gasteiger partial charge >= 0.3 is 0 Å². The van der Waals surface area contributed by atoms with Crippen LogP contribution >= 0.6 is 22.7 Å². The van der Waals surface area contributed by atoms with E-state index in [2.05, 4.69) is 25.5 Å². The zero-order chi connectivity index (χ0) is 25.5. The molecule has 2 aliphatic rings. The summed E-state index contributed by atoms with van der Waals surface area (Å²) in [6.07, 6.45) is 5.29. The number of pyridine rings is 1. The number of hydrogen-bond acceptors (Lipinski definition) is 10. The molecule has 2 bridgehead atoms. The van der Waals surface area contributed by atoms with Crippen molar-refractivity contribution in [1.82, 2.24) is 30.0 Å². The number of thiazole rings is 2. The van der Waals surface area contributed by atoms with E-state index in [4.69, 9.17) is 9.72 Å². The summed E-state index contributed by atoms with van der Waals surface area (Å²) >= 11 is 3.17. The van der Waals surface area contributed by atoms with Crippen LogP contribution in [0, 0.1) is 20.8 Å². The average molecular weight is 534 g/mol. The van der Waals surface area contributed by atoms with Gasteiger partial charge in [0.25, 0.3) is 5.91 Å². The van der Waals surface area contributed by atoms with Crippen LogP contribution in [0.4, 0.5) is 10.9 Å². The van der Waals surface area contributed by atoms with Gasteiger partial charge < -0.3 is 15.0 Å². The molecule has 4 aromatic rings. The number of carbonyl (C=O) groups excluding carboxylic acids is 1. The number of aromatic nitrogens is 5. The van der Waals surface area contributed by atoms with Gasteiger partial charge in [-0.3, -0.25) is 4.79 Å². The van der Waals surface area contributed by atoms with Crippen molar-refractivity contribution in [1.29, 1.82) is 0 Å². The zero-order valence-corrected chi connectivity index (χ0v) is 22.5. The molecular formula is C26H27N7O2S2. The molecule has 0 radical (unpaired) electrons. The molecule has 4 aromatic heterocycles. The number of fused-ring (bicyclic) bond motifs is 2. The van der Waals surface area contributed by atoms with E-state index in [9.17, 15) is 4.79 Å². The van der Waals surface area contributed by atoms with Gasteiger partial charge in [-0.1, -0.05) is 0 Å². The van der Waals surface area contributed by atoms with Crippen molar-refractivity contribution in [2.45, 2.75) is 64.6 Å². The standard InChI is InChI=1S/C26H27N7O2S2/c1-14-4-9-23(32-31-14)35-20-10-18-6-7-19(11-20)33(18)25(34)17-5-8-22(27-12-17)30-26-29-21(13-36-26)24-15(2)28-16(3)37-24/h4-5,8-9,12-13,18-20H,6-7,10-11H2,1-3H3,(H,27,29,30)/t18-,19+,20?. The predicted molar refractivity (Wildman–Crippen MR) is 144 cm³/mol. The number of nitrogens with one attached hydrogen (secondary N) is 1. The molecule has 1 amide bonds. The third kappa shape index (κ3) is 4.93. The van der Waals surface area contributed by atoms with Crippen molar-refractivity contribution in [3.8, 4) is 16.5 Å². The number of piperidine rings is 1. The van der Waals surface area contributed by atoms with Crippen LogP contribution in [0.1, 0.15) is 52.4 Å². The molecule has 6 heterocycles. The monoisotopic (exact) mass is 533 g/mol. The summed E-state index contributed by atoms with van der Waals surface area (Å²) in [6.45, 7) is 5.91. The minimum Gasteiger partial charge on any atom is -0.473 e. The fourth-order valence-corrected chi connectivity index (χ4v) is 6.90. The van der Waals surface area contributed by atoms with Crippen molar-refractivity contribution in [2.75, 3.05) is 5.32 Å². The van der Waals surface area contributed by atoms with Gasteiger partial charge in [-0.2, -0.15) is 5.10 Å². The van der Waals surface area contributed by atoms with E-state index in [-0.39, 0.29) is 24.1 Å². The first kappa shape index (κ1) is 23.9. The molecule has 0 aromatic carbocycles. The minimum absolute atomic E-state index is 0.0349. The third-order valence-corrected chi connectivity index (χ3v) is 8.72. The molecule has 3 atom stereocenters. The summed E-state index contributed by atoms with van der Waals surface area (Å²) < 4.78 is 6.09. The van der Waals surface area contributed by atoms with Crippen LogP contribution in [0.5, 0.6) is 5.88 Å². The first-order valence-electron chi connectivity index (χ1n) is 12.4. The van der Waals surface area contributed by atoms with Crippen LogP contribution in [0.3, 0.4) is 0 Å². The highest BCUT2D eigenvalue weighted by Gasteiger charge is 2.44. The lowest BCUT2D eigenvalue weighted by molar-refractivity contribution is 0.0345. The maximum atomic E-state index is 13.4. The summed E-state index contributed by atoms with van der Waals surface area (Å²) in [6, 6.07) is 7.77. The summed E-state index contributed by atoms with van der Waals surface area (Å²) in [4.78, 5) is 30.2. The fraction of sp³-hybridized carbons (Fsp3) is 0.385. The van der Waals surface area contributed by atoms with Gasteiger partial charge in [-0.15, -0.1) is 27.8 Å². The van der Waals surface area contributed by atoms with Crippen LogP contribution in [0.2, 0.25) is 0 Å². The second kappa shape index (κ2) is 9.79. The molecular weight excluding hydrogens is 506 g/mol. The highest BCUT2D eigenvalue weighted by atomic mass is 32.1. The van der Waals surface area contributed by atoms with Crippen LogP contribution < -0.4 is 10.1 Å². The molecule has 1 N–H and O–H groups in total. The molecule has 6 rings (SSSR count). The van der Waals surface area contributed by atoms with Crippen LogP contribution in [-0.4, -0.2) is 54.1 Å². The molecule has 2 fully saturated rings. The Morgan fingerprint density at radius 1 is 1.05 bits per heavy atom. The van der Waals surface area contributed by atoms with Crippen LogP contribution in [0.15, 0.2) is 35.8 Å². The summed E-state index contributed by atoms with van der Waals surface area (Å²) in [5, 5.41) is 15.3. The fourth-order valence-electron chi connectivity index (χ4n) is 5.23. The minimum atomic E-state index is 0.0349. The topological polar surface area (TPSA) is 106 Å². The Morgan fingerprint density at radius 2 is 1.86 bits per heavy atom. The number of hydrogen-bond donors (Lipinski definition) is 1. The molecule has 2 saturated heterocycles. The van der Waals surface area contributed by atoms with Gasteiger partial charge in [0.15, 0.2) is 5.13 Å². The summed E-state index contributed by atoms with van der Waals surface area (Å²) in [5.74, 6) is 1.24. The first-order chi connectivity index (χ1) is 17.9. The van der Waals surface area contributed by atoms with Gasteiger partial charge in [0.05, 0.1) is 32.5 Å². The van der Waals surface area contributed by atoms with E-state index >= 15 is 0 Å². The second-order valence-corrected chi connectivity index (χ2v) is 11.6. The molecule has 0 saturated carbocycles. The molecule has 9 nitrogen and oxygen atoms in total. The van der Waals surface area contributed by atoms with Crippen LogP contribution in [-0.2, 0) is 0 Å². The third-order valence-electron chi connectivity index (χ3n) is 6.87. The van der Waals surface area contributed by atoms with E-state index in [1.54, 1.807) is 17.5 Å². The normalized spacial score (nSPS) is 20.7. The highest BCUT2D eigenvalue weighted by molar-refractivity contribution is 7.16. The molecule has 37 heavy (non-hydrogen) atoms. The lowest BCUT2D eigenvalue weighted by Gasteiger charge is -2.38. The van der Waals surface area contributed by atoms with Crippen molar-refractivity contribution >= 4 is 39.5 Å². The molecule has 1 unspecified atom stereocenters. The lowest BCUT2D eigenvalue weighted by Crippen LogP contribution is -2.49. The molecule has 0 spiro atoms. The summed E-state index contributed by atoms with van der Waals surface area (Å²) in [7, 11) is 0. The molecule has 190 valence electrons. The lowest BCUT2D eigenvalue weighted by atomic mass is 9.98. The van der Waals surface area contributed by atoms with Crippen molar-refractivity contribution in [2.24, 2.45) is 0 Å². The highest BCUT2D eigenvalue weighted by Crippen LogP contribution is 2.38. The van der Waals surface area contributed by atoms with Crippen molar-refractivity contribution in [3.05, 3.63) is 57.8 Å². The van der Waals surface area contributed by atoms with E-state index in [1.807, 2.05) is 55.3 Å². The Kier molecular flexibility index (Phi) is 6.33. The van der Waals surface area contributed by atoms with Gasteiger partial charge in [0.2, 0.25) is 5.88 Å². The first-order valence-corrected chi connectivity index (χ1v) is 14.0. The number of aryl methyl sites for hydroxylation is 3. The average Bonchev–Trinajstić information content (AvgIpc) is 3.56. The Bertz CT molecular complexity index is 1400. The smallest absolute Gasteiger partial charge is 0.255 e.